The molecule has 1 aliphatic rings. The van der Waals surface area contributed by atoms with E-state index in [1.165, 1.54) is 17.0 Å². The number of carbonyl (C=O) groups is 2. The van der Waals surface area contributed by atoms with Gasteiger partial charge in [0.25, 0.3) is 11.8 Å². The van der Waals surface area contributed by atoms with Crippen LogP contribution < -0.4 is 15.1 Å². The molecule has 2 amide bonds. The van der Waals surface area contributed by atoms with Gasteiger partial charge in [-0.1, -0.05) is 24.3 Å². The Morgan fingerprint density at radius 1 is 1.24 bits per heavy atom. The molecule has 1 N–H and O–H groups in total. The van der Waals surface area contributed by atoms with Gasteiger partial charge in [0.05, 0.1) is 11.4 Å². The molecule has 0 unspecified atom stereocenters. The summed E-state index contributed by atoms with van der Waals surface area (Å²) in [6, 6.07) is 12.8. The molecule has 1 aliphatic heterocycles. The molecular weight excluding hydrogens is 325 g/mol. The summed E-state index contributed by atoms with van der Waals surface area (Å²) in [5.74, 6) is -0.523. The maximum atomic E-state index is 12.9. The Kier molecular flexibility index (Phi) is 4.74. The highest BCUT2D eigenvalue weighted by Crippen LogP contribution is 2.31. The van der Waals surface area contributed by atoms with E-state index in [0.717, 1.165) is 0 Å². The monoisotopic (exact) mass is 341 g/mol. The van der Waals surface area contributed by atoms with Crippen molar-refractivity contribution >= 4 is 23.2 Å². The summed E-state index contributed by atoms with van der Waals surface area (Å²) >= 11 is 0. The van der Waals surface area contributed by atoms with Gasteiger partial charge in [0.1, 0.15) is 18.1 Å². The van der Waals surface area contributed by atoms with Gasteiger partial charge in [-0.2, -0.15) is 5.10 Å². The lowest BCUT2D eigenvalue weighted by Crippen LogP contribution is -2.44. The lowest BCUT2D eigenvalue weighted by atomic mass is 10.1. The number of carbonyl (C=O) groups excluding carboxylic acids is 2. The third kappa shape index (κ3) is 3.82. The van der Waals surface area contributed by atoms with Crippen molar-refractivity contribution in [3.63, 3.8) is 0 Å². The Labute approximate surface area is 143 Å². The fraction of sp³-hybridized carbons (Fsp3) is 0.167. The van der Waals surface area contributed by atoms with E-state index in [1.54, 1.807) is 43.3 Å². The number of hydrogen-bond donors (Lipinski definition) is 1. The van der Waals surface area contributed by atoms with Crippen LogP contribution in [0.2, 0.25) is 0 Å². The summed E-state index contributed by atoms with van der Waals surface area (Å²) in [4.78, 5) is 25.5. The summed E-state index contributed by atoms with van der Waals surface area (Å²) in [6.07, 6.45) is 0. The lowest BCUT2D eigenvalue weighted by Gasteiger charge is -2.28. The summed E-state index contributed by atoms with van der Waals surface area (Å²) in [5, 5.41) is 4.00. The van der Waals surface area contributed by atoms with E-state index in [1.807, 2.05) is 0 Å². The maximum absolute atomic E-state index is 12.9. The molecule has 128 valence electrons. The van der Waals surface area contributed by atoms with Gasteiger partial charge in [0.2, 0.25) is 0 Å². The Balaban J connectivity index is 1.67. The molecule has 0 aromatic heterocycles. The van der Waals surface area contributed by atoms with E-state index in [4.69, 9.17) is 4.74 Å². The molecule has 2 aromatic rings. The molecule has 0 radical (unpaired) electrons. The highest BCUT2D eigenvalue weighted by atomic mass is 19.1. The molecule has 0 spiro atoms. The van der Waals surface area contributed by atoms with Crippen molar-refractivity contribution < 1.29 is 18.7 Å². The molecular formula is C18H16FN3O3. The Morgan fingerprint density at radius 2 is 1.96 bits per heavy atom. The summed E-state index contributed by atoms with van der Waals surface area (Å²) in [7, 11) is 0. The number of fused-ring (bicyclic) bond motifs is 1. The van der Waals surface area contributed by atoms with Crippen LogP contribution in [-0.4, -0.2) is 30.7 Å². The number of hydrazone groups is 1. The third-order valence-electron chi connectivity index (χ3n) is 3.72. The summed E-state index contributed by atoms with van der Waals surface area (Å²) in [5.41, 5.74) is 4.18. The first-order chi connectivity index (χ1) is 12.0. The average Bonchev–Trinajstić information content (AvgIpc) is 2.63. The Morgan fingerprint density at radius 3 is 2.72 bits per heavy atom. The predicted octanol–water partition coefficient (Wildman–Crippen LogP) is 2.09. The van der Waals surface area contributed by atoms with Gasteiger partial charge in [-0.05, 0) is 36.8 Å². The van der Waals surface area contributed by atoms with E-state index in [2.05, 4.69) is 10.5 Å². The van der Waals surface area contributed by atoms with Crippen LogP contribution in [0.25, 0.3) is 0 Å². The molecule has 0 fully saturated rings. The molecule has 2 aromatic carbocycles. The minimum Gasteiger partial charge on any atom is -0.482 e. The zero-order valence-corrected chi connectivity index (χ0v) is 13.5. The van der Waals surface area contributed by atoms with E-state index >= 15 is 0 Å². The summed E-state index contributed by atoms with van der Waals surface area (Å²) in [6.45, 7) is 1.42. The molecule has 1 heterocycles. The molecule has 25 heavy (non-hydrogen) atoms. The van der Waals surface area contributed by atoms with Gasteiger partial charge in [-0.3, -0.25) is 14.5 Å². The van der Waals surface area contributed by atoms with Crippen LogP contribution in [0.3, 0.4) is 0 Å². The maximum Gasteiger partial charge on any atom is 0.265 e. The highest BCUT2D eigenvalue weighted by Gasteiger charge is 2.26. The first-order valence-corrected chi connectivity index (χ1v) is 7.66. The second kappa shape index (κ2) is 7.12. The van der Waals surface area contributed by atoms with Crippen molar-refractivity contribution in [1.82, 2.24) is 5.43 Å². The first kappa shape index (κ1) is 16.6. The molecule has 3 rings (SSSR count). The van der Waals surface area contributed by atoms with Crippen LogP contribution in [0.4, 0.5) is 10.1 Å². The van der Waals surface area contributed by atoms with Gasteiger partial charge in [-0.25, -0.2) is 9.82 Å². The number of halogens is 1. The number of anilines is 1. The van der Waals surface area contributed by atoms with Crippen molar-refractivity contribution in [2.45, 2.75) is 6.92 Å². The van der Waals surface area contributed by atoms with Gasteiger partial charge >= 0.3 is 0 Å². The standard InChI is InChI=1S/C18H16FN3O3/c1-12(13-6-8-14(19)9-7-13)20-21-17(23)10-22-15-4-2-3-5-16(15)25-11-18(22)24/h2-9H,10-11H2,1H3,(H,21,23)/b20-12-. The lowest BCUT2D eigenvalue weighted by molar-refractivity contribution is -0.125. The zero-order chi connectivity index (χ0) is 17.8. The van der Waals surface area contributed by atoms with Crippen LogP contribution in [0, 0.1) is 5.82 Å². The zero-order valence-electron chi connectivity index (χ0n) is 13.5. The molecule has 0 saturated carbocycles. The van der Waals surface area contributed by atoms with Crippen molar-refractivity contribution in [3.8, 4) is 5.75 Å². The number of nitrogens with zero attached hydrogens (tertiary/aromatic N) is 2. The van der Waals surface area contributed by atoms with Gasteiger partial charge in [0.15, 0.2) is 6.61 Å². The average molecular weight is 341 g/mol. The van der Waals surface area contributed by atoms with Gasteiger partial charge in [-0.15, -0.1) is 0 Å². The van der Waals surface area contributed by atoms with Crippen molar-refractivity contribution in [3.05, 3.63) is 59.9 Å². The molecule has 0 bridgehead atoms. The van der Waals surface area contributed by atoms with Gasteiger partial charge in [0, 0.05) is 0 Å². The Bertz CT molecular complexity index is 834. The second-order valence-electron chi connectivity index (χ2n) is 5.48. The van der Waals surface area contributed by atoms with Crippen LogP contribution >= 0.6 is 0 Å². The van der Waals surface area contributed by atoms with Crippen molar-refractivity contribution in [2.24, 2.45) is 5.10 Å². The fourth-order valence-corrected chi connectivity index (χ4v) is 2.41. The SMILES string of the molecule is C/C(=N/NC(=O)CN1C(=O)COc2ccccc21)c1ccc(F)cc1. The van der Waals surface area contributed by atoms with Crippen LogP contribution in [0.1, 0.15) is 12.5 Å². The molecule has 6 nitrogen and oxygen atoms in total. The predicted molar refractivity (Wildman–Crippen MR) is 91.0 cm³/mol. The van der Waals surface area contributed by atoms with Crippen molar-refractivity contribution in [2.75, 3.05) is 18.1 Å². The molecule has 0 saturated heterocycles. The largest absolute Gasteiger partial charge is 0.482 e. The third-order valence-corrected chi connectivity index (χ3v) is 3.72. The fourth-order valence-electron chi connectivity index (χ4n) is 2.41. The number of para-hydroxylation sites is 2. The topological polar surface area (TPSA) is 71.0 Å². The van der Waals surface area contributed by atoms with Crippen molar-refractivity contribution in [1.29, 1.82) is 0 Å². The number of amides is 2. The quantitative estimate of drug-likeness (QED) is 0.684. The van der Waals surface area contributed by atoms with Gasteiger partial charge < -0.3 is 4.74 Å². The summed E-state index contributed by atoms with van der Waals surface area (Å²) < 4.78 is 18.3. The smallest absolute Gasteiger partial charge is 0.265 e. The number of ether oxygens (including phenoxy) is 1. The van der Waals surface area contributed by atoms with E-state index in [9.17, 15) is 14.0 Å². The number of hydrogen-bond acceptors (Lipinski definition) is 4. The highest BCUT2D eigenvalue weighted by molar-refractivity contribution is 6.03. The minimum absolute atomic E-state index is 0.109. The van der Waals surface area contributed by atoms with E-state index in [-0.39, 0.29) is 24.9 Å². The first-order valence-electron chi connectivity index (χ1n) is 7.66. The van der Waals surface area contributed by atoms with Crippen LogP contribution in [-0.2, 0) is 9.59 Å². The van der Waals surface area contributed by atoms with Crippen LogP contribution in [0.5, 0.6) is 5.75 Å². The van der Waals surface area contributed by atoms with Crippen LogP contribution in [0.15, 0.2) is 53.6 Å². The normalized spacial score (nSPS) is 13.9. The molecule has 0 atom stereocenters. The van der Waals surface area contributed by atoms with E-state index < -0.39 is 5.91 Å². The minimum atomic E-state index is -0.438. The second-order valence-corrected chi connectivity index (χ2v) is 5.48. The number of benzene rings is 2. The Hall–Kier alpha value is -3.22. The number of nitrogens with one attached hydrogen (secondary N) is 1. The van der Waals surface area contributed by atoms with E-state index in [0.29, 0.717) is 22.7 Å². The number of rotatable bonds is 4. The molecule has 7 heteroatoms. The molecule has 0 aliphatic carbocycles.